The number of hydrogen-bond donors (Lipinski definition) is 0. The monoisotopic (exact) mass is 1050 g/mol. The van der Waals surface area contributed by atoms with Gasteiger partial charge in [-0.1, -0.05) is 77.1 Å². The average molecular weight is 1050 g/mol. The quantitative estimate of drug-likeness (QED) is 0.0297. The number of halogens is 1. The highest BCUT2D eigenvalue weighted by Gasteiger charge is 2.40. The van der Waals surface area contributed by atoms with Gasteiger partial charge in [0.05, 0.1) is 33.7 Å². The van der Waals surface area contributed by atoms with Crippen LogP contribution in [0.15, 0.2) is 85.0 Å². The second-order valence-electron chi connectivity index (χ2n) is 19.1. The van der Waals surface area contributed by atoms with Gasteiger partial charge in [-0.25, -0.2) is 33.2 Å². The number of carbonyl (C=O) groups is 8. The van der Waals surface area contributed by atoms with Crippen LogP contribution in [-0.2, 0) is 82.7 Å². The van der Waals surface area contributed by atoms with Crippen molar-refractivity contribution >= 4 is 47.8 Å². The van der Waals surface area contributed by atoms with Gasteiger partial charge >= 0.3 is 47.8 Å². The van der Waals surface area contributed by atoms with Crippen molar-refractivity contribution in [3.8, 4) is 16.9 Å². The Hall–Kier alpha value is -7.11. The molecular weight excluding hydrogens is 976 g/mol. The van der Waals surface area contributed by atoms with E-state index in [9.17, 15) is 38.4 Å². The molecule has 0 heterocycles. The molecule has 1 aliphatic carbocycles. The first-order chi connectivity index (χ1) is 35.5. The number of hydrogen-bond acceptors (Lipinski definition) is 17. The van der Waals surface area contributed by atoms with E-state index in [1.807, 2.05) is 6.07 Å². The molecule has 0 radical (unpaired) electrons. The van der Waals surface area contributed by atoms with Gasteiger partial charge in [0.2, 0.25) is 12.2 Å². The lowest BCUT2D eigenvalue weighted by atomic mass is 9.77. The fraction of sp³-hybridized carbons (Fsp3) is 0.509. The minimum atomic E-state index is -1.83. The molecule has 2 aromatic carbocycles. The highest BCUT2D eigenvalue weighted by Crippen LogP contribution is 2.39. The third-order valence-electron chi connectivity index (χ3n) is 12.4. The molecule has 17 nitrogen and oxygen atoms in total. The zero-order valence-electron chi connectivity index (χ0n) is 44.4. The Morgan fingerprint density at radius 2 is 1.15 bits per heavy atom. The number of esters is 8. The molecule has 1 aliphatic rings. The van der Waals surface area contributed by atoms with Gasteiger partial charge in [0.15, 0.2) is 0 Å². The largest absolute Gasteiger partial charge is 0.492 e. The lowest BCUT2D eigenvalue weighted by Gasteiger charge is -2.32. The van der Waals surface area contributed by atoms with Crippen LogP contribution in [0.4, 0.5) is 4.39 Å². The Balaban J connectivity index is 2.08. The summed E-state index contributed by atoms with van der Waals surface area (Å²) in [5.41, 5.74) is 0.453. The van der Waals surface area contributed by atoms with Crippen molar-refractivity contribution in [2.45, 2.75) is 130 Å². The molecule has 0 saturated heterocycles. The molecule has 0 spiro atoms. The van der Waals surface area contributed by atoms with Crippen LogP contribution in [0, 0.1) is 17.2 Å². The van der Waals surface area contributed by atoms with E-state index >= 15 is 4.39 Å². The summed E-state index contributed by atoms with van der Waals surface area (Å²) in [7, 11) is 2.02. The second-order valence-corrected chi connectivity index (χ2v) is 19.1. The lowest BCUT2D eigenvalue weighted by molar-refractivity contribution is -0.174. The number of rotatable bonds is 31. The fourth-order valence-corrected chi connectivity index (χ4v) is 7.90. The fourth-order valence-electron chi connectivity index (χ4n) is 7.90. The molecule has 3 rings (SSSR count). The maximum atomic E-state index is 16.2. The Bertz CT molecular complexity index is 2350. The van der Waals surface area contributed by atoms with Crippen LogP contribution in [0.1, 0.15) is 122 Å². The molecule has 18 heteroatoms. The summed E-state index contributed by atoms with van der Waals surface area (Å²) in [5, 5.41) is 0. The molecule has 2 atom stereocenters. The SMILES string of the molecule is C=C(C)C(=O)OCCCc1cc(-c2ccc(C3CCC(CCCCC)CC3)cc2F)ccc1OCC(COC(=O)CC(OC(=O)C(=C)C)C(=O)OC)(COC(=O)CC(OC(=O)C(=C)C)C(=O)OC)COC(=O)C(=C)C. The number of unbranched alkanes of at least 4 members (excludes halogenated alkanes) is 2. The van der Waals surface area contributed by atoms with E-state index in [0.29, 0.717) is 22.6 Å². The average Bonchev–Trinajstić information content (AvgIpc) is 3.38. The van der Waals surface area contributed by atoms with Gasteiger partial charge in [0.25, 0.3) is 0 Å². The number of methoxy groups -OCH3 is 2. The van der Waals surface area contributed by atoms with Crippen molar-refractivity contribution in [1.82, 2.24) is 0 Å². The molecule has 410 valence electrons. The third kappa shape index (κ3) is 20.6. The van der Waals surface area contributed by atoms with Gasteiger partial charge in [0.1, 0.15) is 43.4 Å². The molecule has 2 unspecified atom stereocenters. The van der Waals surface area contributed by atoms with Crippen molar-refractivity contribution in [2.24, 2.45) is 11.3 Å². The predicted molar refractivity (Wildman–Crippen MR) is 273 cm³/mol. The van der Waals surface area contributed by atoms with Crippen molar-refractivity contribution < 1.29 is 85.4 Å². The van der Waals surface area contributed by atoms with E-state index < -0.39 is 110 Å². The zero-order valence-corrected chi connectivity index (χ0v) is 44.4. The minimum Gasteiger partial charge on any atom is -0.492 e. The summed E-state index contributed by atoms with van der Waals surface area (Å²) in [6.45, 7) is 19.1. The molecule has 1 fully saturated rings. The van der Waals surface area contributed by atoms with Crippen molar-refractivity contribution in [3.05, 3.63) is 102 Å². The van der Waals surface area contributed by atoms with Crippen LogP contribution in [0.2, 0.25) is 0 Å². The summed E-state index contributed by atoms with van der Waals surface area (Å²) in [5.74, 6) is -7.21. The van der Waals surface area contributed by atoms with E-state index in [4.69, 9.17) is 42.6 Å². The number of carbonyl (C=O) groups excluding carboxylic acids is 8. The van der Waals surface area contributed by atoms with Gasteiger partial charge in [-0.3, -0.25) is 9.59 Å². The molecule has 0 aromatic heterocycles. The maximum Gasteiger partial charge on any atom is 0.347 e. The summed E-state index contributed by atoms with van der Waals surface area (Å²) < 4.78 is 64.5. The third-order valence-corrected chi connectivity index (χ3v) is 12.4. The Kier molecular flexibility index (Phi) is 25.6. The Labute approximate surface area is 439 Å². The molecule has 0 aliphatic heterocycles. The molecule has 2 aromatic rings. The number of benzene rings is 2. The molecule has 0 amide bonds. The van der Waals surface area contributed by atoms with Crippen LogP contribution in [0.5, 0.6) is 5.75 Å². The van der Waals surface area contributed by atoms with Crippen molar-refractivity contribution in [3.63, 3.8) is 0 Å². The van der Waals surface area contributed by atoms with Crippen LogP contribution >= 0.6 is 0 Å². The first-order valence-electron chi connectivity index (χ1n) is 24.9. The molecule has 0 bridgehead atoms. The summed E-state index contributed by atoms with van der Waals surface area (Å²) in [6, 6.07) is 10.2. The summed E-state index contributed by atoms with van der Waals surface area (Å²) in [6.07, 6.45) is 4.29. The lowest BCUT2D eigenvalue weighted by Crippen LogP contribution is -2.45. The van der Waals surface area contributed by atoms with Crippen LogP contribution in [0.3, 0.4) is 0 Å². The normalized spacial score (nSPS) is 15.5. The van der Waals surface area contributed by atoms with E-state index in [2.05, 4.69) is 33.2 Å². The summed E-state index contributed by atoms with van der Waals surface area (Å²) >= 11 is 0. The number of ether oxygens (including phenoxy) is 9. The molecule has 0 N–H and O–H groups in total. The first kappa shape index (κ1) is 62.2. The van der Waals surface area contributed by atoms with E-state index in [0.717, 1.165) is 45.5 Å². The van der Waals surface area contributed by atoms with E-state index in [1.165, 1.54) is 53.4 Å². The van der Waals surface area contributed by atoms with Crippen molar-refractivity contribution in [1.29, 1.82) is 0 Å². The van der Waals surface area contributed by atoms with Crippen LogP contribution < -0.4 is 4.74 Å². The maximum absolute atomic E-state index is 16.2. The van der Waals surface area contributed by atoms with E-state index in [-0.39, 0.29) is 53.4 Å². The highest BCUT2D eigenvalue weighted by atomic mass is 19.1. The van der Waals surface area contributed by atoms with Gasteiger partial charge in [0, 0.05) is 27.9 Å². The molecular formula is C57H73FO17. The van der Waals surface area contributed by atoms with Gasteiger partial charge in [-0.2, -0.15) is 0 Å². The topological polar surface area (TPSA) is 220 Å². The van der Waals surface area contributed by atoms with Gasteiger partial charge in [-0.05, 0) is 113 Å². The van der Waals surface area contributed by atoms with E-state index in [1.54, 1.807) is 30.3 Å². The highest BCUT2D eigenvalue weighted by molar-refractivity contribution is 5.92. The first-order valence-corrected chi connectivity index (χ1v) is 24.9. The predicted octanol–water partition coefficient (Wildman–Crippen LogP) is 9.07. The van der Waals surface area contributed by atoms with Gasteiger partial charge < -0.3 is 42.6 Å². The summed E-state index contributed by atoms with van der Waals surface area (Å²) in [4.78, 5) is 102. The number of aryl methyl sites for hydroxylation is 1. The van der Waals surface area contributed by atoms with Crippen LogP contribution in [-0.4, -0.2) is 107 Å². The van der Waals surface area contributed by atoms with Gasteiger partial charge in [-0.15, -0.1) is 0 Å². The molecule has 75 heavy (non-hydrogen) atoms. The van der Waals surface area contributed by atoms with Crippen LogP contribution in [0.25, 0.3) is 11.1 Å². The second kappa shape index (κ2) is 30.9. The van der Waals surface area contributed by atoms with Crippen molar-refractivity contribution in [2.75, 3.05) is 47.3 Å². The zero-order chi connectivity index (χ0) is 55.8. The minimum absolute atomic E-state index is 0.0194. The Morgan fingerprint density at radius 1 is 0.627 bits per heavy atom. The standard InChI is InChI=1S/C57H73FO17/c1-12-13-14-16-39-18-20-40(21-19-39)41-22-24-44(45(58)28-41)42-23-25-46(43(27-42)17-15-26-69-51(61)35(2)3)70-31-57(34-73-52(62)36(4)5,32-71-49(59)29-47(55(65)67-10)74-53(63)37(6)7)33-72-50(60)30-48(56(66)68-11)75-54(64)38(8)9/h22-25,27-28,39-40,47-48H,2,4,6,8,12-21,26,29-34H2,1,3,5,7,9-11H3. The smallest absolute Gasteiger partial charge is 0.347 e. The Morgan fingerprint density at radius 3 is 1.64 bits per heavy atom. The molecule has 1 saturated carbocycles.